The summed E-state index contributed by atoms with van der Waals surface area (Å²) in [5, 5.41) is 11.3. The third-order valence-corrected chi connectivity index (χ3v) is 8.14. The molecule has 2 saturated carbocycles. The summed E-state index contributed by atoms with van der Waals surface area (Å²) in [7, 11) is 0. The minimum Gasteiger partial charge on any atom is -0.388 e. The van der Waals surface area contributed by atoms with Crippen molar-refractivity contribution in [3.8, 4) is 0 Å². The SMILES string of the molecule is CCCCCCCCCCCCSC(=O)[C@H]1CCC[C@]2(C)C(=O)CC[C@]12O. The van der Waals surface area contributed by atoms with Crippen LogP contribution in [0.1, 0.15) is 110 Å². The van der Waals surface area contributed by atoms with Crippen molar-refractivity contribution in [3.05, 3.63) is 0 Å². The highest BCUT2D eigenvalue weighted by atomic mass is 32.2. The van der Waals surface area contributed by atoms with Crippen LogP contribution in [0.5, 0.6) is 0 Å². The zero-order chi connectivity index (χ0) is 19.8. The van der Waals surface area contributed by atoms with E-state index >= 15 is 0 Å². The quantitative estimate of drug-likeness (QED) is 0.407. The Bertz CT molecular complexity index is 492. The van der Waals surface area contributed by atoms with Gasteiger partial charge in [0.25, 0.3) is 0 Å². The molecule has 0 aromatic carbocycles. The van der Waals surface area contributed by atoms with Crippen LogP contribution in [0.2, 0.25) is 0 Å². The van der Waals surface area contributed by atoms with Crippen LogP contribution >= 0.6 is 11.8 Å². The van der Waals surface area contributed by atoms with Crippen LogP contribution in [-0.2, 0) is 9.59 Å². The van der Waals surface area contributed by atoms with Gasteiger partial charge in [-0.2, -0.15) is 0 Å². The second-order valence-corrected chi connectivity index (χ2v) is 10.1. The summed E-state index contributed by atoms with van der Waals surface area (Å²) in [6.45, 7) is 4.14. The topological polar surface area (TPSA) is 54.4 Å². The number of ketones is 1. The van der Waals surface area contributed by atoms with E-state index in [2.05, 4.69) is 6.92 Å². The summed E-state index contributed by atoms with van der Waals surface area (Å²) >= 11 is 1.40. The van der Waals surface area contributed by atoms with E-state index in [-0.39, 0.29) is 16.8 Å². The van der Waals surface area contributed by atoms with Gasteiger partial charge in [-0.05, 0) is 32.6 Å². The van der Waals surface area contributed by atoms with E-state index in [1.807, 2.05) is 6.92 Å². The molecule has 0 aromatic rings. The monoisotopic (exact) mass is 396 g/mol. The predicted molar refractivity (Wildman–Crippen MR) is 114 cm³/mol. The number of rotatable bonds is 12. The number of fused-ring (bicyclic) bond motifs is 1. The summed E-state index contributed by atoms with van der Waals surface area (Å²) < 4.78 is 0. The van der Waals surface area contributed by atoms with E-state index in [4.69, 9.17) is 0 Å². The summed E-state index contributed by atoms with van der Waals surface area (Å²) in [5.74, 6) is 0.657. The van der Waals surface area contributed by atoms with Crippen LogP contribution in [0.4, 0.5) is 0 Å². The Morgan fingerprint density at radius 1 is 1.04 bits per heavy atom. The van der Waals surface area contributed by atoms with Gasteiger partial charge >= 0.3 is 0 Å². The van der Waals surface area contributed by atoms with Crippen LogP contribution in [0.15, 0.2) is 0 Å². The molecule has 0 saturated heterocycles. The zero-order valence-electron chi connectivity index (χ0n) is 17.6. The Kier molecular flexibility index (Phi) is 9.34. The second kappa shape index (κ2) is 11.0. The molecule has 0 aliphatic heterocycles. The van der Waals surface area contributed by atoms with Crippen molar-refractivity contribution in [2.75, 3.05) is 5.75 Å². The maximum atomic E-state index is 12.7. The average molecular weight is 397 g/mol. The van der Waals surface area contributed by atoms with Crippen LogP contribution in [0.3, 0.4) is 0 Å². The van der Waals surface area contributed by atoms with Gasteiger partial charge in [-0.1, -0.05) is 82.9 Å². The van der Waals surface area contributed by atoms with E-state index in [9.17, 15) is 14.7 Å². The predicted octanol–water partition coefficient (Wildman–Crippen LogP) is 6.07. The molecule has 4 heteroatoms. The summed E-state index contributed by atoms with van der Waals surface area (Å²) in [4.78, 5) is 25.0. The molecule has 2 rings (SSSR count). The van der Waals surface area contributed by atoms with E-state index in [0.29, 0.717) is 12.8 Å². The van der Waals surface area contributed by atoms with Crippen molar-refractivity contribution in [1.82, 2.24) is 0 Å². The molecule has 2 aliphatic rings. The number of carbonyl (C=O) groups is 2. The largest absolute Gasteiger partial charge is 0.388 e. The highest BCUT2D eigenvalue weighted by Crippen LogP contribution is 2.56. The van der Waals surface area contributed by atoms with E-state index in [1.165, 1.54) is 69.5 Å². The van der Waals surface area contributed by atoms with Gasteiger partial charge in [-0.15, -0.1) is 0 Å². The molecule has 0 unspecified atom stereocenters. The fraction of sp³-hybridized carbons (Fsp3) is 0.913. The molecule has 3 nitrogen and oxygen atoms in total. The lowest BCUT2D eigenvalue weighted by Crippen LogP contribution is -2.55. The molecular formula is C23H40O3S. The lowest BCUT2D eigenvalue weighted by atomic mass is 9.61. The van der Waals surface area contributed by atoms with E-state index < -0.39 is 11.0 Å². The number of aliphatic hydroxyl groups is 1. The van der Waals surface area contributed by atoms with Crippen molar-refractivity contribution < 1.29 is 14.7 Å². The normalized spacial score (nSPS) is 30.5. The molecule has 0 spiro atoms. The van der Waals surface area contributed by atoms with Crippen LogP contribution in [0, 0.1) is 11.3 Å². The van der Waals surface area contributed by atoms with Gasteiger partial charge in [0.2, 0.25) is 0 Å². The summed E-state index contributed by atoms with van der Waals surface area (Å²) in [6.07, 6.45) is 16.2. The van der Waals surface area contributed by atoms with Gasteiger partial charge in [0.1, 0.15) is 5.78 Å². The van der Waals surface area contributed by atoms with Crippen LogP contribution in [-0.4, -0.2) is 27.4 Å². The molecule has 0 radical (unpaired) electrons. The first-order valence-electron chi connectivity index (χ1n) is 11.4. The molecule has 3 atom stereocenters. The van der Waals surface area contributed by atoms with E-state index in [1.54, 1.807) is 0 Å². The van der Waals surface area contributed by atoms with Crippen molar-refractivity contribution in [1.29, 1.82) is 0 Å². The fourth-order valence-corrected chi connectivity index (χ4v) is 6.15. The second-order valence-electron chi connectivity index (χ2n) is 8.97. The first-order valence-corrected chi connectivity index (χ1v) is 12.4. The lowest BCUT2D eigenvalue weighted by Gasteiger charge is -2.47. The number of carbonyl (C=O) groups excluding carboxylic acids is 2. The first-order chi connectivity index (χ1) is 13.0. The van der Waals surface area contributed by atoms with Crippen molar-refractivity contribution in [2.45, 2.75) is 116 Å². The molecule has 156 valence electrons. The Hall–Kier alpha value is -0.350. The maximum Gasteiger partial charge on any atom is 0.194 e. The van der Waals surface area contributed by atoms with Crippen LogP contribution in [0.25, 0.3) is 0 Å². The number of hydrogen-bond donors (Lipinski definition) is 1. The standard InChI is InChI=1S/C23H40O3S/c1-3-4-5-6-7-8-9-10-11-12-18-27-21(25)19-14-13-16-22(2)20(24)15-17-23(19,22)26/h19,26H,3-18H2,1-2H3/t19-,22-,23+/m1/s1. The molecule has 27 heavy (non-hydrogen) atoms. The van der Waals surface area contributed by atoms with Crippen molar-refractivity contribution in [3.63, 3.8) is 0 Å². The number of Topliss-reactive ketones (excluding diaryl/α,β-unsaturated/α-hetero) is 1. The molecule has 0 aromatic heterocycles. The van der Waals surface area contributed by atoms with Crippen LogP contribution < -0.4 is 0 Å². The summed E-state index contributed by atoms with van der Waals surface area (Å²) in [5.41, 5.74) is -1.78. The van der Waals surface area contributed by atoms with Gasteiger partial charge in [0.15, 0.2) is 5.12 Å². The highest BCUT2D eigenvalue weighted by molar-refractivity contribution is 8.13. The number of unbranched alkanes of at least 4 members (excludes halogenated alkanes) is 9. The molecule has 1 N–H and O–H groups in total. The van der Waals surface area contributed by atoms with Gasteiger partial charge in [-0.25, -0.2) is 0 Å². The van der Waals surface area contributed by atoms with Gasteiger partial charge < -0.3 is 5.11 Å². The molecule has 0 bridgehead atoms. The molecule has 0 amide bonds. The Balaban J connectivity index is 1.60. The fourth-order valence-electron chi connectivity index (χ4n) is 5.09. The number of hydrogen-bond acceptors (Lipinski definition) is 4. The molecular weight excluding hydrogens is 356 g/mol. The third kappa shape index (κ3) is 5.59. The van der Waals surface area contributed by atoms with Gasteiger partial charge in [0.05, 0.1) is 16.9 Å². The zero-order valence-corrected chi connectivity index (χ0v) is 18.4. The molecule has 2 fully saturated rings. The van der Waals surface area contributed by atoms with Crippen molar-refractivity contribution >= 4 is 22.7 Å². The molecule has 2 aliphatic carbocycles. The highest BCUT2D eigenvalue weighted by Gasteiger charge is 2.62. The maximum absolute atomic E-state index is 12.7. The smallest absolute Gasteiger partial charge is 0.194 e. The minimum absolute atomic E-state index is 0.119. The Morgan fingerprint density at radius 2 is 1.63 bits per heavy atom. The summed E-state index contributed by atoms with van der Waals surface area (Å²) in [6, 6.07) is 0. The van der Waals surface area contributed by atoms with Gasteiger partial charge in [0, 0.05) is 12.2 Å². The lowest BCUT2D eigenvalue weighted by molar-refractivity contribution is -0.156. The Labute approximate surface area is 170 Å². The first kappa shape index (κ1) is 22.9. The average Bonchev–Trinajstić information content (AvgIpc) is 2.89. The molecule has 0 heterocycles. The van der Waals surface area contributed by atoms with Gasteiger partial charge in [-0.3, -0.25) is 9.59 Å². The number of thioether (sulfide) groups is 1. The van der Waals surface area contributed by atoms with Crippen molar-refractivity contribution in [2.24, 2.45) is 11.3 Å². The third-order valence-electron chi connectivity index (χ3n) is 7.08. The van der Waals surface area contributed by atoms with E-state index in [0.717, 1.165) is 31.4 Å². The Morgan fingerprint density at radius 3 is 2.26 bits per heavy atom. The minimum atomic E-state index is -1.09.